The zero-order chi connectivity index (χ0) is 17.8. The summed E-state index contributed by atoms with van der Waals surface area (Å²) in [6.07, 6.45) is 1.96. The smallest absolute Gasteiger partial charge is 0.260 e. The zero-order valence-electron chi connectivity index (χ0n) is 13.3. The molecule has 0 radical (unpaired) electrons. The molecule has 1 aromatic heterocycles. The molecule has 4 N–H and O–H groups in total. The first-order valence-corrected chi connectivity index (χ1v) is 9.19. The van der Waals surface area contributed by atoms with Crippen LogP contribution in [0.2, 0.25) is 5.02 Å². The minimum atomic E-state index is -0.495. The molecule has 0 bridgehead atoms. The largest absolute Gasteiger partial charge is 0.507 e. The number of halogens is 1. The maximum atomic E-state index is 12.5. The van der Waals surface area contributed by atoms with Crippen molar-refractivity contribution in [1.29, 1.82) is 0 Å². The first kappa shape index (κ1) is 17.7. The number of phenols is 1. The highest BCUT2D eigenvalue weighted by atomic mass is 35.5. The van der Waals surface area contributed by atoms with Crippen LogP contribution in [0.5, 0.6) is 5.75 Å². The Morgan fingerprint density at radius 1 is 1.24 bits per heavy atom. The van der Waals surface area contributed by atoms with Crippen molar-refractivity contribution in [2.75, 3.05) is 18.4 Å². The predicted molar refractivity (Wildman–Crippen MR) is 98.7 cm³/mol. The summed E-state index contributed by atoms with van der Waals surface area (Å²) >= 11 is 7.03. The Hall–Kier alpha value is -2.09. The standard InChI is InChI=1S/C17H18ClN3O3S/c18-10-3-4-12(14(22)8-10)15(23)21-17-13(5-7-25-17)16(24)20-11-2-1-6-19-9-11/h3-5,7-8,11,19,22H,1-2,6,9H2,(H,20,24)(H,21,23). The van der Waals surface area contributed by atoms with Crippen LogP contribution >= 0.6 is 22.9 Å². The Kier molecular flexibility index (Phi) is 5.57. The Balaban J connectivity index is 1.70. The van der Waals surface area contributed by atoms with E-state index in [1.807, 2.05) is 0 Å². The van der Waals surface area contributed by atoms with Gasteiger partial charge in [0.25, 0.3) is 11.8 Å². The van der Waals surface area contributed by atoms with Gasteiger partial charge in [0.15, 0.2) is 0 Å². The van der Waals surface area contributed by atoms with E-state index in [9.17, 15) is 14.7 Å². The molecule has 1 aliphatic rings. The molecule has 2 aromatic rings. The van der Waals surface area contributed by atoms with Crippen molar-refractivity contribution in [3.8, 4) is 5.75 Å². The van der Waals surface area contributed by atoms with Gasteiger partial charge in [0, 0.05) is 17.6 Å². The molecule has 1 saturated heterocycles. The normalized spacial score (nSPS) is 17.1. The summed E-state index contributed by atoms with van der Waals surface area (Å²) in [6, 6.07) is 6.02. The average Bonchev–Trinajstić information content (AvgIpc) is 3.03. The van der Waals surface area contributed by atoms with Crippen LogP contribution in [0.25, 0.3) is 0 Å². The molecule has 2 amide bonds. The number of piperidine rings is 1. The molecular formula is C17H18ClN3O3S. The third kappa shape index (κ3) is 4.31. The van der Waals surface area contributed by atoms with Crippen LogP contribution in [-0.2, 0) is 0 Å². The van der Waals surface area contributed by atoms with Crippen molar-refractivity contribution in [2.45, 2.75) is 18.9 Å². The molecule has 25 heavy (non-hydrogen) atoms. The second-order valence-electron chi connectivity index (χ2n) is 5.80. The van der Waals surface area contributed by atoms with Crippen LogP contribution in [-0.4, -0.2) is 36.1 Å². The van der Waals surface area contributed by atoms with Gasteiger partial charge < -0.3 is 21.1 Å². The van der Waals surface area contributed by atoms with Crippen molar-refractivity contribution in [2.24, 2.45) is 0 Å². The van der Waals surface area contributed by atoms with Gasteiger partial charge in [0.2, 0.25) is 0 Å². The van der Waals surface area contributed by atoms with E-state index in [4.69, 9.17) is 11.6 Å². The highest BCUT2D eigenvalue weighted by molar-refractivity contribution is 7.14. The lowest BCUT2D eigenvalue weighted by atomic mass is 10.1. The first-order chi connectivity index (χ1) is 12.0. The van der Waals surface area contributed by atoms with Crippen LogP contribution in [0.4, 0.5) is 5.00 Å². The summed E-state index contributed by atoms with van der Waals surface area (Å²) in [6.45, 7) is 1.72. The monoisotopic (exact) mass is 379 g/mol. The molecule has 1 fully saturated rings. The van der Waals surface area contributed by atoms with Crippen molar-refractivity contribution in [3.63, 3.8) is 0 Å². The van der Waals surface area contributed by atoms with Crippen molar-refractivity contribution in [3.05, 3.63) is 45.8 Å². The average molecular weight is 380 g/mol. The molecular weight excluding hydrogens is 362 g/mol. The van der Waals surface area contributed by atoms with Gasteiger partial charge in [0.1, 0.15) is 10.8 Å². The van der Waals surface area contributed by atoms with Gasteiger partial charge in [-0.05, 0) is 49.0 Å². The number of thiophene rings is 1. The van der Waals surface area contributed by atoms with E-state index in [0.29, 0.717) is 15.6 Å². The van der Waals surface area contributed by atoms with Crippen molar-refractivity contribution in [1.82, 2.24) is 10.6 Å². The van der Waals surface area contributed by atoms with E-state index < -0.39 is 5.91 Å². The summed E-state index contributed by atoms with van der Waals surface area (Å²) in [4.78, 5) is 24.8. The van der Waals surface area contributed by atoms with Gasteiger partial charge in [-0.15, -0.1) is 11.3 Å². The quantitative estimate of drug-likeness (QED) is 0.657. The molecule has 1 aromatic carbocycles. The van der Waals surface area contributed by atoms with E-state index in [-0.39, 0.29) is 23.3 Å². The Labute approximate surface area is 154 Å². The predicted octanol–water partition coefficient (Wildman–Crippen LogP) is 2.84. The van der Waals surface area contributed by atoms with Gasteiger partial charge in [-0.1, -0.05) is 11.6 Å². The number of phenolic OH excluding ortho intramolecular Hbond substituents is 1. The first-order valence-electron chi connectivity index (χ1n) is 7.93. The molecule has 3 rings (SSSR count). The van der Waals surface area contributed by atoms with Gasteiger partial charge in [-0.3, -0.25) is 9.59 Å². The second kappa shape index (κ2) is 7.86. The third-order valence-electron chi connectivity index (χ3n) is 3.97. The number of hydrogen-bond donors (Lipinski definition) is 4. The van der Waals surface area contributed by atoms with Gasteiger partial charge in [0.05, 0.1) is 11.1 Å². The second-order valence-corrected chi connectivity index (χ2v) is 7.15. The summed E-state index contributed by atoms with van der Waals surface area (Å²) in [5.41, 5.74) is 0.512. The van der Waals surface area contributed by atoms with Crippen molar-refractivity contribution < 1.29 is 14.7 Å². The maximum absolute atomic E-state index is 12.5. The van der Waals surface area contributed by atoms with Gasteiger partial charge in [-0.25, -0.2) is 0 Å². The number of carbonyl (C=O) groups is 2. The molecule has 1 aliphatic heterocycles. The summed E-state index contributed by atoms with van der Waals surface area (Å²) < 4.78 is 0. The lowest BCUT2D eigenvalue weighted by molar-refractivity contribution is 0.0932. The lowest BCUT2D eigenvalue weighted by Gasteiger charge is -2.23. The minimum absolute atomic E-state index is 0.0880. The number of benzene rings is 1. The number of carbonyl (C=O) groups excluding carboxylic acids is 2. The van der Waals surface area contributed by atoms with E-state index >= 15 is 0 Å². The molecule has 0 spiro atoms. The van der Waals surface area contributed by atoms with Crippen LogP contribution in [0, 0.1) is 0 Å². The van der Waals surface area contributed by atoms with Crippen LogP contribution in [0.1, 0.15) is 33.6 Å². The molecule has 8 heteroatoms. The third-order valence-corrected chi connectivity index (χ3v) is 5.04. The fourth-order valence-corrected chi connectivity index (χ4v) is 3.64. The van der Waals surface area contributed by atoms with E-state index in [1.54, 1.807) is 11.4 Å². The van der Waals surface area contributed by atoms with Gasteiger partial charge in [-0.2, -0.15) is 0 Å². The molecule has 0 aliphatic carbocycles. The highest BCUT2D eigenvalue weighted by Crippen LogP contribution is 2.27. The Morgan fingerprint density at radius 3 is 2.80 bits per heavy atom. The number of aromatic hydroxyl groups is 1. The zero-order valence-corrected chi connectivity index (χ0v) is 14.9. The Bertz CT molecular complexity index is 787. The van der Waals surface area contributed by atoms with E-state index in [2.05, 4.69) is 16.0 Å². The number of nitrogens with one attached hydrogen (secondary N) is 3. The molecule has 1 unspecified atom stereocenters. The van der Waals surface area contributed by atoms with Crippen LogP contribution in [0.15, 0.2) is 29.6 Å². The van der Waals surface area contributed by atoms with E-state index in [1.165, 1.54) is 29.5 Å². The molecule has 6 nitrogen and oxygen atoms in total. The lowest BCUT2D eigenvalue weighted by Crippen LogP contribution is -2.45. The fraction of sp³-hybridized carbons (Fsp3) is 0.294. The highest BCUT2D eigenvalue weighted by Gasteiger charge is 2.21. The topological polar surface area (TPSA) is 90.5 Å². The summed E-state index contributed by atoms with van der Waals surface area (Å²) in [5, 5.41) is 21.3. The van der Waals surface area contributed by atoms with Gasteiger partial charge >= 0.3 is 0 Å². The van der Waals surface area contributed by atoms with E-state index in [0.717, 1.165) is 25.9 Å². The number of anilines is 1. The number of amides is 2. The summed E-state index contributed by atoms with van der Waals surface area (Å²) in [7, 11) is 0. The molecule has 0 saturated carbocycles. The number of rotatable bonds is 4. The Morgan fingerprint density at radius 2 is 2.08 bits per heavy atom. The molecule has 132 valence electrons. The van der Waals surface area contributed by atoms with Crippen molar-refractivity contribution >= 4 is 39.8 Å². The summed E-state index contributed by atoms with van der Waals surface area (Å²) in [5.74, 6) is -0.920. The number of hydrogen-bond acceptors (Lipinski definition) is 5. The van der Waals surface area contributed by atoms with Crippen LogP contribution in [0.3, 0.4) is 0 Å². The van der Waals surface area contributed by atoms with Crippen LogP contribution < -0.4 is 16.0 Å². The fourth-order valence-electron chi connectivity index (χ4n) is 2.69. The molecule has 2 heterocycles. The minimum Gasteiger partial charge on any atom is -0.507 e. The maximum Gasteiger partial charge on any atom is 0.260 e. The molecule has 1 atom stereocenters. The SMILES string of the molecule is O=C(Nc1sccc1C(=O)NC1CCCNC1)c1ccc(Cl)cc1O.